The monoisotopic (exact) mass is 545 g/mol. The Kier molecular flexibility index (Phi) is 9.13. The fourth-order valence-electron chi connectivity index (χ4n) is 2.98. The van der Waals surface area contributed by atoms with Crippen molar-refractivity contribution in [2.24, 2.45) is 0 Å². The SMILES string of the molecule is CCN(CC)CCN(C(=O)c1ccccc1I)c1nc2ccc(OC)cc2s1.Cl. The number of anilines is 1. The summed E-state index contributed by atoms with van der Waals surface area (Å²) >= 11 is 3.74. The maximum atomic E-state index is 13.4. The molecule has 0 aliphatic rings. The number of nitrogens with zero attached hydrogens (tertiary/aromatic N) is 3. The van der Waals surface area contributed by atoms with Gasteiger partial charge in [-0.1, -0.05) is 37.3 Å². The number of carbonyl (C=O) groups is 1. The van der Waals surface area contributed by atoms with E-state index in [2.05, 4.69) is 41.3 Å². The number of amides is 1. The Morgan fingerprint density at radius 1 is 1.14 bits per heavy atom. The molecule has 2 aromatic carbocycles. The van der Waals surface area contributed by atoms with Crippen molar-refractivity contribution in [3.8, 4) is 5.75 Å². The van der Waals surface area contributed by atoms with Gasteiger partial charge >= 0.3 is 0 Å². The van der Waals surface area contributed by atoms with E-state index in [-0.39, 0.29) is 18.3 Å². The Morgan fingerprint density at radius 2 is 1.86 bits per heavy atom. The van der Waals surface area contributed by atoms with Gasteiger partial charge in [0.15, 0.2) is 5.13 Å². The van der Waals surface area contributed by atoms with Crippen LogP contribution in [0.25, 0.3) is 10.2 Å². The van der Waals surface area contributed by atoms with Crippen LogP contribution in [0.1, 0.15) is 24.2 Å². The zero-order chi connectivity index (χ0) is 20.1. The summed E-state index contributed by atoms with van der Waals surface area (Å²) in [4.78, 5) is 22.3. The third-order valence-electron chi connectivity index (χ3n) is 4.70. The van der Waals surface area contributed by atoms with Crippen LogP contribution in [0.15, 0.2) is 42.5 Å². The number of ether oxygens (including phenoxy) is 1. The highest BCUT2D eigenvalue weighted by Crippen LogP contribution is 2.32. The van der Waals surface area contributed by atoms with E-state index in [1.54, 1.807) is 7.11 Å². The number of likely N-dealkylation sites (N-methyl/N-ethyl adjacent to an activating group) is 1. The summed E-state index contributed by atoms with van der Waals surface area (Å²) in [6.07, 6.45) is 0. The summed E-state index contributed by atoms with van der Waals surface area (Å²) in [6, 6.07) is 13.5. The lowest BCUT2D eigenvalue weighted by Gasteiger charge is -2.25. The molecule has 0 saturated heterocycles. The van der Waals surface area contributed by atoms with Gasteiger partial charge in [-0.15, -0.1) is 12.4 Å². The lowest BCUT2D eigenvalue weighted by atomic mass is 10.2. The molecule has 0 unspecified atom stereocenters. The molecule has 0 saturated carbocycles. The number of methoxy groups -OCH3 is 1. The van der Waals surface area contributed by atoms with Gasteiger partial charge < -0.3 is 9.64 Å². The second-order valence-corrected chi connectivity index (χ2v) is 8.46. The molecule has 5 nitrogen and oxygen atoms in total. The minimum Gasteiger partial charge on any atom is -0.497 e. The minimum absolute atomic E-state index is 0. The molecule has 0 aliphatic heterocycles. The lowest BCUT2D eigenvalue weighted by molar-refractivity contribution is 0.0983. The number of hydrogen-bond acceptors (Lipinski definition) is 5. The summed E-state index contributed by atoms with van der Waals surface area (Å²) in [6.45, 7) is 7.60. The van der Waals surface area contributed by atoms with Crippen molar-refractivity contribution < 1.29 is 9.53 Å². The second kappa shape index (κ2) is 11.1. The quantitative estimate of drug-likeness (QED) is 0.360. The van der Waals surface area contributed by atoms with Crippen LogP contribution in [0.4, 0.5) is 5.13 Å². The lowest BCUT2D eigenvalue weighted by Crippen LogP contribution is -2.39. The normalized spacial score (nSPS) is 10.8. The highest BCUT2D eigenvalue weighted by Gasteiger charge is 2.23. The van der Waals surface area contributed by atoms with Gasteiger partial charge in [0.1, 0.15) is 5.75 Å². The van der Waals surface area contributed by atoms with Crippen molar-refractivity contribution >= 4 is 67.6 Å². The molecule has 3 aromatic rings. The first-order valence-electron chi connectivity index (χ1n) is 9.30. The van der Waals surface area contributed by atoms with Crippen molar-refractivity contribution in [1.29, 1.82) is 0 Å². The molecule has 0 fully saturated rings. The van der Waals surface area contributed by atoms with Gasteiger partial charge in [-0.2, -0.15) is 0 Å². The first-order valence-corrected chi connectivity index (χ1v) is 11.2. The molecule has 156 valence electrons. The number of halogens is 2. The zero-order valence-electron chi connectivity index (χ0n) is 16.7. The van der Waals surface area contributed by atoms with E-state index in [0.29, 0.717) is 12.1 Å². The molecule has 0 bridgehead atoms. The zero-order valence-corrected chi connectivity index (χ0v) is 20.5. The Labute approximate surface area is 195 Å². The number of carbonyl (C=O) groups excluding carboxylic acids is 1. The minimum atomic E-state index is -0.0109. The van der Waals surface area contributed by atoms with Crippen LogP contribution < -0.4 is 9.64 Å². The molecule has 0 spiro atoms. The molecule has 1 amide bonds. The first-order chi connectivity index (χ1) is 13.6. The van der Waals surface area contributed by atoms with Crippen LogP contribution in [0, 0.1) is 3.57 Å². The molecule has 1 aromatic heterocycles. The maximum Gasteiger partial charge on any atom is 0.261 e. The highest BCUT2D eigenvalue weighted by atomic mass is 127. The molecular weight excluding hydrogens is 521 g/mol. The van der Waals surface area contributed by atoms with Gasteiger partial charge in [-0.05, 0) is 66.0 Å². The van der Waals surface area contributed by atoms with Gasteiger partial charge in [0, 0.05) is 16.7 Å². The van der Waals surface area contributed by atoms with Crippen LogP contribution in [0.3, 0.4) is 0 Å². The summed E-state index contributed by atoms with van der Waals surface area (Å²) in [5.41, 5.74) is 1.59. The van der Waals surface area contributed by atoms with E-state index in [9.17, 15) is 4.79 Å². The van der Waals surface area contributed by atoms with Crippen molar-refractivity contribution in [1.82, 2.24) is 9.88 Å². The van der Waals surface area contributed by atoms with E-state index >= 15 is 0 Å². The third-order valence-corrected chi connectivity index (χ3v) is 6.68. The molecule has 0 aliphatic carbocycles. The van der Waals surface area contributed by atoms with Crippen LogP contribution in [0.5, 0.6) is 5.75 Å². The molecule has 0 N–H and O–H groups in total. The van der Waals surface area contributed by atoms with E-state index < -0.39 is 0 Å². The summed E-state index contributed by atoms with van der Waals surface area (Å²) in [5, 5.41) is 0.722. The Bertz CT molecular complexity index is 962. The van der Waals surface area contributed by atoms with E-state index in [1.807, 2.05) is 47.4 Å². The predicted molar refractivity (Wildman–Crippen MR) is 132 cm³/mol. The Balaban J connectivity index is 0.00000300. The number of aromatic nitrogens is 1. The van der Waals surface area contributed by atoms with Gasteiger partial charge in [0.25, 0.3) is 5.91 Å². The Hall–Kier alpha value is -1.42. The number of rotatable bonds is 8. The summed E-state index contributed by atoms with van der Waals surface area (Å²) in [7, 11) is 1.65. The summed E-state index contributed by atoms with van der Waals surface area (Å²) in [5.74, 6) is 0.782. The fraction of sp³-hybridized carbons (Fsp3) is 0.333. The molecule has 29 heavy (non-hydrogen) atoms. The molecule has 8 heteroatoms. The molecular formula is C21H25ClIN3O2S. The van der Waals surface area contributed by atoms with Crippen LogP contribution in [0.2, 0.25) is 0 Å². The predicted octanol–water partition coefficient (Wildman–Crippen LogP) is 5.32. The van der Waals surface area contributed by atoms with E-state index in [0.717, 1.165) is 44.3 Å². The van der Waals surface area contributed by atoms with E-state index in [4.69, 9.17) is 9.72 Å². The average Bonchev–Trinajstić information content (AvgIpc) is 3.14. The smallest absolute Gasteiger partial charge is 0.261 e. The van der Waals surface area contributed by atoms with Gasteiger partial charge in [0.05, 0.1) is 22.9 Å². The second-order valence-electron chi connectivity index (χ2n) is 6.29. The maximum absolute atomic E-state index is 13.4. The number of thiazole rings is 1. The number of hydrogen-bond donors (Lipinski definition) is 0. The van der Waals surface area contributed by atoms with Crippen molar-refractivity contribution in [2.75, 3.05) is 38.2 Å². The highest BCUT2D eigenvalue weighted by molar-refractivity contribution is 14.1. The van der Waals surface area contributed by atoms with Crippen molar-refractivity contribution in [3.05, 3.63) is 51.6 Å². The number of fused-ring (bicyclic) bond motifs is 1. The molecule has 1 heterocycles. The van der Waals surface area contributed by atoms with Crippen LogP contribution in [-0.4, -0.2) is 49.1 Å². The van der Waals surface area contributed by atoms with Crippen LogP contribution >= 0.6 is 46.3 Å². The van der Waals surface area contributed by atoms with Gasteiger partial charge in [0.2, 0.25) is 0 Å². The number of benzene rings is 2. The third kappa shape index (κ3) is 5.59. The standard InChI is InChI=1S/C21H24IN3O2S.ClH/c1-4-24(5-2)12-13-25(20(26)16-8-6-7-9-17(16)22)21-23-18-11-10-15(27-3)14-19(18)28-21;/h6-11,14H,4-5,12-13H2,1-3H3;1H. The van der Waals surface area contributed by atoms with Crippen LogP contribution in [-0.2, 0) is 0 Å². The molecule has 0 radical (unpaired) electrons. The topological polar surface area (TPSA) is 45.7 Å². The summed E-state index contributed by atoms with van der Waals surface area (Å²) < 4.78 is 7.28. The van der Waals surface area contributed by atoms with Gasteiger partial charge in [-0.3, -0.25) is 9.69 Å². The van der Waals surface area contributed by atoms with Crippen molar-refractivity contribution in [2.45, 2.75) is 13.8 Å². The fourth-order valence-corrected chi connectivity index (χ4v) is 4.62. The first kappa shape index (κ1) is 23.9. The molecule has 3 rings (SSSR count). The van der Waals surface area contributed by atoms with Gasteiger partial charge in [-0.25, -0.2) is 4.98 Å². The molecule has 0 atom stereocenters. The van der Waals surface area contributed by atoms with Crippen molar-refractivity contribution in [3.63, 3.8) is 0 Å². The Morgan fingerprint density at radius 3 is 2.52 bits per heavy atom. The average molecular weight is 546 g/mol. The van der Waals surface area contributed by atoms with E-state index in [1.165, 1.54) is 11.3 Å². The largest absolute Gasteiger partial charge is 0.497 e.